The fourth-order valence-corrected chi connectivity index (χ4v) is 4.83. The highest BCUT2D eigenvalue weighted by Crippen LogP contribution is 2.32. The minimum Gasteiger partial charge on any atom is -0.497 e. The van der Waals surface area contributed by atoms with Crippen molar-refractivity contribution >= 4 is 32.5 Å². The summed E-state index contributed by atoms with van der Waals surface area (Å²) < 4.78 is 9.67. The summed E-state index contributed by atoms with van der Waals surface area (Å²) in [6.07, 6.45) is 1.79. The SMILES string of the molecule is COc1ccc(-n2ccc3c(-c4ccc5ncsc5c4)n(-c4cccc(C)n4)nc3c2=O)cc1. The second-order valence-electron chi connectivity index (χ2n) is 7.88. The molecule has 0 aliphatic rings. The van der Waals surface area contributed by atoms with Crippen LogP contribution < -0.4 is 10.3 Å². The molecule has 8 heteroatoms. The van der Waals surface area contributed by atoms with Crippen molar-refractivity contribution < 1.29 is 4.74 Å². The predicted octanol–water partition coefficient (Wildman–Crippen LogP) is 5.17. The van der Waals surface area contributed by atoms with Crippen molar-refractivity contribution in [2.24, 2.45) is 0 Å². The Morgan fingerprint density at radius 3 is 2.65 bits per heavy atom. The molecule has 0 unspecified atom stereocenters. The van der Waals surface area contributed by atoms with E-state index in [0.29, 0.717) is 11.3 Å². The number of hydrogen-bond donors (Lipinski definition) is 0. The predicted molar refractivity (Wildman–Crippen MR) is 134 cm³/mol. The number of aryl methyl sites for hydroxylation is 1. The summed E-state index contributed by atoms with van der Waals surface area (Å²) in [6, 6.07) is 21.2. The second-order valence-corrected chi connectivity index (χ2v) is 8.77. The molecule has 0 bridgehead atoms. The molecule has 0 spiro atoms. The molecular weight excluding hydrogens is 446 g/mol. The van der Waals surface area contributed by atoms with Gasteiger partial charge < -0.3 is 4.74 Å². The molecule has 34 heavy (non-hydrogen) atoms. The highest BCUT2D eigenvalue weighted by atomic mass is 32.1. The number of ether oxygens (including phenoxy) is 1. The molecule has 0 amide bonds. The van der Waals surface area contributed by atoms with E-state index < -0.39 is 0 Å². The first-order chi connectivity index (χ1) is 16.6. The molecule has 6 aromatic rings. The highest BCUT2D eigenvalue weighted by molar-refractivity contribution is 7.16. The van der Waals surface area contributed by atoms with Gasteiger partial charge in [0.1, 0.15) is 5.75 Å². The van der Waals surface area contributed by atoms with Crippen LogP contribution in [0.4, 0.5) is 0 Å². The zero-order chi connectivity index (χ0) is 23.2. The average molecular weight is 466 g/mol. The topological polar surface area (TPSA) is 74.8 Å². The van der Waals surface area contributed by atoms with Gasteiger partial charge in [-0.1, -0.05) is 12.1 Å². The average Bonchev–Trinajstić information content (AvgIpc) is 3.49. The molecule has 0 aliphatic heterocycles. The van der Waals surface area contributed by atoms with Gasteiger partial charge in [-0.05, 0) is 61.5 Å². The molecule has 0 saturated carbocycles. The molecule has 0 atom stereocenters. The summed E-state index contributed by atoms with van der Waals surface area (Å²) in [5.74, 6) is 1.39. The summed E-state index contributed by atoms with van der Waals surface area (Å²) >= 11 is 1.58. The van der Waals surface area contributed by atoms with Crippen molar-refractivity contribution in [3.63, 3.8) is 0 Å². The third-order valence-corrected chi connectivity index (χ3v) is 6.57. The van der Waals surface area contributed by atoms with Crippen molar-refractivity contribution in [3.8, 4) is 28.5 Å². The van der Waals surface area contributed by atoms with Gasteiger partial charge >= 0.3 is 0 Å². The van der Waals surface area contributed by atoms with E-state index in [1.54, 1.807) is 33.9 Å². The fourth-order valence-electron chi connectivity index (χ4n) is 4.12. The molecule has 4 heterocycles. The number of nitrogens with zero attached hydrogens (tertiary/aromatic N) is 5. The highest BCUT2D eigenvalue weighted by Gasteiger charge is 2.20. The van der Waals surface area contributed by atoms with Gasteiger partial charge in [0.15, 0.2) is 11.3 Å². The zero-order valence-corrected chi connectivity index (χ0v) is 19.3. The van der Waals surface area contributed by atoms with Gasteiger partial charge in [0.25, 0.3) is 5.56 Å². The van der Waals surface area contributed by atoms with Gasteiger partial charge in [0.2, 0.25) is 0 Å². The number of aromatic nitrogens is 5. The Morgan fingerprint density at radius 2 is 1.85 bits per heavy atom. The number of methoxy groups -OCH3 is 1. The maximum atomic E-state index is 13.6. The molecule has 7 nitrogen and oxygen atoms in total. The third-order valence-electron chi connectivity index (χ3n) is 5.78. The van der Waals surface area contributed by atoms with Gasteiger partial charge in [0.05, 0.1) is 28.5 Å². The molecule has 2 aromatic carbocycles. The largest absolute Gasteiger partial charge is 0.497 e. The Hall–Kier alpha value is -4.30. The fraction of sp³-hybridized carbons (Fsp3) is 0.0769. The van der Waals surface area contributed by atoms with Crippen LogP contribution in [0, 0.1) is 6.92 Å². The number of thiazole rings is 1. The molecule has 6 rings (SSSR count). The summed E-state index contributed by atoms with van der Waals surface area (Å²) in [6.45, 7) is 1.94. The molecule has 0 N–H and O–H groups in total. The Bertz CT molecular complexity index is 1730. The maximum absolute atomic E-state index is 13.6. The maximum Gasteiger partial charge on any atom is 0.283 e. The van der Waals surface area contributed by atoms with Crippen LogP contribution in [0.3, 0.4) is 0 Å². The van der Waals surface area contributed by atoms with Crippen LogP contribution in [-0.2, 0) is 0 Å². The van der Waals surface area contributed by atoms with Crippen molar-refractivity contribution in [2.45, 2.75) is 6.92 Å². The Kier molecular flexibility index (Phi) is 4.74. The number of hydrogen-bond acceptors (Lipinski definition) is 6. The van der Waals surface area contributed by atoms with Crippen molar-refractivity contribution in [2.75, 3.05) is 7.11 Å². The third kappa shape index (κ3) is 3.27. The molecule has 0 saturated heterocycles. The Labute approximate surface area is 198 Å². The molecule has 4 aromatic heterocycles. The second kappa shape index (κ2) is 7.93. The van der Waals surface area contributed by atoms with Crippen LogP contribution in [0.1, 0.15) is 5.69 Å². The van der Waals surface area contributed by atoms with Gasteiger partial charge in [-0.2, -0.15) is 5.10 Å². The lowest BCUT2D eigenvalue weighted by Gasteiger charge is -2.09. The van der Waals surface area contributed by atoms with E-state index in [0.717, 1.165) is 44.0 Å². The number of benzene rings is 2. The molecular formula is C26H19N5O2S. The smallest absolute Gasteiger partial charge is 0.283 e. The normalized spacial score (nSPS) is 11.4. The lowest BCUT2D eigenvalue weighted by molar-refractivity contribution is 0.414. The molecule has 0 fully saturated rings. The standard InChI is InChI=1S/C26H19N5O2S/c1-16-4-3-5-23(28-16)31-25(17-6-11-21-22(14-17)34-15-27-21)20-12-13-30(26(32)24(20)29-31)18-7-9-19(33-2)10-8-18/h3-15H,1-2H3. The van der Waals surface area contributed by atoms with E-state index in [1.807, 2.05) is 73.1 Å². The summed E-state index contributed by atoms with van der Waals surface area (Å²) in [4.78, 5) is 22.6. The summed E-state index contributed by atoms with van der Waals surface area (Å²) in [5, 5.41) is 5.54. The minimum absolute atomic E-state index is 0.200. The van der Waals surface area contributed by atoms with Gasteiger partial charge in [-0.15, -0.1) is 11.3 Å². The van der Waals surface area contributed by atoms with E-state index in [1.165, 1.54) is 0 Å². The van der Waals surface area contributed by atoms with Gasteiger partial charge in [-0.25, -0.2) is 14.6 Å². The van der Waals surface area contributed by atoms with E-state index in [9.17, 15) is 4.79 Å². The molecule has 0 radical (unpaired) electrons. The first-order valence-corrected chi connectivity index (χ1v) is 11.6. The summed E-state index contributed by atoms with van der Waals surface area (Å²) in [7, 11) is 1.62. The monoisotopic (exact) mass is 465 g/mol. The number of rotatable bonds is 4. The minimum atomic E-state index is -0.200. The van der Waals surface area contributed by atoms with Crippen LogP contribution in [0.2, 0.25) is 0 Å². The van der Waals surface area contributed by atoms with Crippen molar-refractivity contribution in [1.82, 2.24) is 24.3 Å². The molecule has 0 aliphatic carbocycles. The van der Waals surface area contributed by atoms with Crippen LogP contribution in [0.25, 0.3) is 43.9 Å². The van der Waals surface area contributed by atoms with E-state index in [2.05, 4.69) is 16.0 Å². The van der Waals surface area contributed by atoms with Crippen LogP contribution >= 0.6 is 11.3 Å². The lowest BCUT2D eigenvalue weighted by Crippen LogP contribution is -2.17. The van der Waals surface area contributed by atoms with Gasteiger partial charge in [-0.3, -0.25) is 9.36 Å². The summed E-state index contributed by atoms with van der Waals surface area (Å²) in [5.41, 5.74) is 6.33. The van der Waals surface area contributed by atoms with E-state index >= 15 is 0 Å². The van der Waals surface area contributed by atoms with Crippen LogP contribution in [-0.4, -0.2) is 31.4 Å². The first kappa shape index (κ1) is 20.3. The Morgan fingerprint density at radius 1 is 1.00 bits per heavy atom. The van der Waals surface area contributed by atoms with E-state index in [4.69, 9.17) is 9.84 Å². The van der Waals surface area contributed by atoms with Crippen molar-refractivity contribution in [3.05, 3.63) is 94.5 Å². The first-order valence-electron chi connectivity index (χ1n) is 10.7. The van der Waals surface area contributed by atoms with Crippen LogP contribution in [0.15, 0.2) is 83.2 Å². The van der Waals surface area contributed by atoms with Gasteiger partial charge in [0, 0.05) is 28.5 Å². The Balaban J connectivity index is 1.63. The molecule has 166 valence electrons. The zero-order valence-electron chi connectivity index (χ0n) is 18.5. The van der Waals surface area contributed by atoms with Crippen LogP contribution in [0.5, 0.6) is 5.75 Å². The van der Waals surface area contributed by atoms with E-state index in [-0.39, 0.29) is 5.56 Å². The van der Waals surface area contributed by atoms with Crippen molar-refractivity contribution in [1.29, 1.82) is 0 Å². The lowest BCUT2D eigenvalue weighted by atomic mass is 10.1. The quantitative estimate of drug-likeness (QED) is 0.359. The number of fused-ring (bicyclic) bond motifs is 2. The number of pyridine rings is 2.